The SMILES string of the molecule is Cc1ccc(NC(=O)c2ccc(OCC(F)(F)F)nc2)cc1F. The van der Waals surface area contributed by atoms with Crippen molar-refractivity contribution in [2.24, 2.45) is 0 Å². The van der Waals surface area contributed by atoms with E-state index in [0.717, 1.165) is 12.3 Å². The van der Waals surface area contributed by atoms with Crippen LogP contribution in [0.5, 0.6) is 5.88 Å². The summed E-state index contributed by atoms with van der Waals surface area (Å²) in [6, 6.07) is 6.62. The highest BCUT2D eigenvalue weighted by molar-refractivity contribution is 6.04. The minimum atomic E-state index is -4.47. The third-order valence-electron chi connectivity index (χ3n) is 2.81. The average Bonchev–Trinajstić information content (AvgIpc) is 2.49. The van der Waals surface area contributed by atoms with Crippen molar-refractivity contribution < 1.29 is 27.1 Å². The van der Waals surface area contributed by atoms with Crippen LogP contribution in [-0.4, -0.2) is 23.7 Å². The maximum Gasteiger partial charge on any atom is 0.422 e. The number of amides is 1. The van der Waals surface area contributed by atoms with E-state index in [-0.39, 0.29) is 17.1 Å². The van der Waals surface area contributed by atoms with Crippen LogP contribution < -0.4 is 10.1 Å². The fourth-order valence-corrected chi connectivity index (χ4v) is 1.63. The smallest absolute Gasteiger partial charge is 0.422 e. The number of aryl methyl sites for hydroxylation is 1. The van der Waals surface area contributed by atoms with Crippen LogP contribution in [0.1, 0.15) is 15.9 Å². The van der Waals surface area contributed by atoms with Gasteiger partial charge in [-0.1, -0.05) is 6.07 Å². The van der Waals surface area contributed by atoms with Crippen LogP contribution >= 0.6 is 0 Å². The number of benzene rings is 1. The standard InChI is InChI=1S/C15H12F4N2O2/c1-9-2-4-11(6-12(9)16)21-14(22)10-3-5-13(20-7-10)23-8-15(17,18)19/h2-7H,8H2,1H3,(H,21,22). The molecule has 0 bridgehead atoms. The summed E-state index contributed by atoms with van der Waals surface area (Å²) in [5, 5.41) is 2.46. The van der Waals surface area contributed by atoms with Crippen molar-refractivity contribution in [2.45, 2.75) is 13.1 Å². The minimum Gasteiger partial charge on any atom is -0.468 e. The molecule has 0 saturated carbocycles. The Kier molecular flexibility index (Phi) is 4.83. The molecular weight excluding hydrogens is 316 g/mol. The zero-order valence-corrected chi connectivity index (χ0v) is 11.9. The van der Waals surface area contributed by atoms with E-state index in [9.17, 15) is 22.4 Å². The number of carbonyl (C=O) groups is 1. The van der Waals surface area contributed by atoms with Crippen molar-refractivity contribution in [3.05, 3.63) is 53.5 Å². The predicted molar refractivity (Wildman–Crippen MR) is 74.9 cm³/mol. The summed E-state index contributed by atoms with van der Waals surface area (Å²) in [5.41, 5.74) is 0.802. The van der Waals surface area contributed by atoms with Crippen molar-refractivity contribution in [2.75, 3.05) is 11.9 Å². The van der Waals surface area contributed by atoms with Gasteiger partial charge >= 0.3 is 6.18 Å². The third-order valence-corrected chi connectivity index (χ3v) is 2.81. The van der Waals surface area contributed by atoms with Crippen LogP contribution in [0.25, 0.3) is 0 Å². The van der Waals surface area contributed by atoms with Crippen LogP contribution in [0.3, 0.4) is 0 Å². The number of hydrogen-bond acceptors (Lipinski definition) is 3. The fourth-order valence-electron chi connectivity index (χ4n) is 1.63. The maximum absolute atomic E-state index is 13.4. The monoisotopic (exact) mass is 328 g/mol. The molecule has 1 aromatic heterocycles. The van der Waals surface area contributed by atoms with Gasteiger partial charge in [-0.25, -0.2) is 9.37 Å². The van der Waals surface area contributed by atoms with Crippen LogP contribution in [0.2, 0.25) is 0 Å². The molecule has 8 heteroatoms. The lowest BCUT2D eigenvalue weighted by Crippen LogP contribution is -2.19. The topological polar surface area (TPSA) is 51.2 Å². The van der Waals surface area contributed by atoms with Gasteiger partial charge in [-0.3, -0.25) is 4.79 Å². The number of ether oxygens (including phenoxy) is 1. The van der Waals surface area contributed by atoms with Gasteiger partial charge in [0.15, 0.2) is 6.61 Å². The first-order chi connectivity index (χ1) is 10.7. The number of anilines is 1. The van der Waals surface area contributed by atoms with E-state index >= 15 is 0 Å². The van der Waals surface area contributed by atoms with Gasteiger partial charge in [0.2, 0.25) is 5.88 Å². The van der Waals surface area contributed by atoms with Gasteiger partial charge in [0.25, 0.3) is 5.91 Å². The second kappa shape index (κ2) is 6.64. The summed E-state index contributed by atoms with van der Waals surface area (Å²) in [7, 11) is 0. The molecule has 0 spiro atoms. The molecule has 0 unspecified atom stereocenters. The molecule has 0 saturated heterocycles. The lowest BCUT2D eigenvalue weighted by molar-refractivity contribution is -0.154. The van der Waals surface area contributed by atoms with Gasteiger partial charge in [-0.2, -0.15) is 13.2 Å². The lowest BCUT2D eigenvalue weighted by atomic mass is 10.2. The average molecular weight is 328 g/mol. The number of rotatable bonds is 4. The second-order valence-corrected chi connectivity index (χ2v) is 4.71. The van der Waals surface area contributed by atoms with Crippen molar-refractivity contribution in [3.8, 4) is 5.88 Å². The van der Waals surface area contributed by atoms with Crippen molar-refractivity contribution in [1.82, 2.24) is 4.98 Å². The number of nitrogens with one attached hydrogen (secondary N) is 1. The van der Waals surface area contributed by atoms with Crippen molar-refractivity contribution in [3.63, 3.8) is 0 Å². The number of nitrogens with zero attached hydrogens (tertiary/aromatic N) is 1. The highest BCUT2D eigenvalue weighted by Gasteiger charge is 2.28. The zero-order valence-electron chi connectivity index (χ0n) is 11.9. The van der Waals surface area contributed by atoms with E-state index in [1.807, 2.05) is 0 Å². The van der Waals surface area contributed by atoms with Gasteiger partial charge in [0.05, 0.1) is 5.56 Å². The number of halogens is 4. The van der Waals surface area contributed by atoms with Crippen LogP contribution in [0.4, 0.5) is 23.2 Å². The first-order valence-corrected chi connectivity index (χ1v) is 6.48. The van der Waals surface area contributed by atoms with Crippen LogP contribution in [0.15, 0.2) is 36.5 Å². The quantitative estimate of drug-likeness (QED) is 0.870. The molecule has 122 valence electrons. The van der Waals surface area contributed by atoms with Crippen molar-refractivity contribution in [1.29, 1.82) is 0 Å². The normalized spacial score (nSPS) is 11.2. The van der Waals surface area contributed by atoms with E-state index in [1.54, 1.807) is 6.92 Å². The number of hydrogen-bond donors (Lipinski definition) is 1. The summed E-state index contributed by atoms with van der Waals surface area (Å²) in [5.74, 6) is -1.28. The molecule has 0 aliphatic heterocycles. The molecule has 0 fully saturated rings. The Morgan fingerprint density at radius 1 is 1.26 bits per heavy atom. The number of alkyl halides is 3. The number of aromatic nitrogens is 1. The molecule has 0 atom stereocenters. The number of carbonyl (C=O) groups excluding carboxylic acids is 1. The Labute approximate surface area is 129 Å². The number of pyridine rings is 1. The lowest BCUT2D eigenvalue weighted by Gasteiger charge is -2.09. The summed E-state index contributed by atoms with van der Waals surface area (Å²) in [6.07, 6.45) is -3.39. The van der Waals surface area contributed by atoms with E-state index in [1.165, 1.54) is 24.3 Å². The molecule has 4 nitrogen and oxygen atoms in total. The van der Waals surface area contributed by atoms with E-state index < -0.39 is 24.5 Å². The Balaban J connectivity index is 2.01. The summed E-state index contributed by atoms with van der Waals surface area (Å²) < 4.78 is 53.8. The largest absolute Gasteiger partial charge is 0.468 e. The van der Waals surface area contributed by atoms with Crippen molar-refractivity contribution >= 4 is 11.6 Å². The molecular formula is C15H12F4N2O2. The van der Waals surface area contributed by atoms with E-state index in [0.29, 0.717) is 5.56 Å². The molecule has 2 rings (SSSR count). The minimum absolute atomic E-state index is 0.102. The second-order valence-electron chi connectivity index (χ2n) is 4.71. The summed E-state index contributed by atoms with van der Waals surface area (Å²) in [6.45, 7) is 0.124. The van der Waals surface area contributed by atoms with Gasteiger partial charge in [0, 0.05) is 18.0 Å². The molecule has 1 aromatic carbocycles. The Morgan fingerprint density at radius 3 is 2.57 bits per heavy atom. The fraction of sp³-hybridized carbons (Fsp3) is 0.200. The molecule has 23 heavy (non-hydrogen) atoms. The van der Waals surface area contributed by atoms with E-state index in [4.69, 9.17) is 0 Å². The summed E-state index contributed by atoms with van der Waals surface area (Å²) in [4.78, 5) is 15.6. The van der Waals surface area contributed by atoms with Crippen LogP contribution in [0, 0.1) is 12.7 Å². The zero-order chi connectivity index (χ0) is 17.0. The molecule has 2 aromatic rings. The summed E-state index contributed by atoms with van der Waals surface area (Å²) >= 11 is 0. The van der Waals surface area contributed by atoms with Crippen LogP contribution in [-0.2, 0) is 0 Å². The predicted octanol–water partition coefficient (Wildman–Crippen LogP) is 3.72. The first kappa shape index (κ1) is 16.7. The van der Waals surface area contributed by atoms with Gasteiger partial charge in [-0.05, 0) is 30.7 Å². The molecule has 1 amide bonds. The Bertz CT molecular complexity index is 700. The molecule has 0 aliphatic rings. The van der Waals surface area contributed by atoms with Gasteiger partial charge < -0.3 is 10.1 Å². The third kappa shape index (κ3) is 4.94. The Hall–Kier alpha value is -2.64. The van der Waals surface area contributed by atoms with E-state index in [2.05, 4.69) is 15.0 Å². The molecule has 0 radical (unpaired) electrons. The molecule has 0 aliphatic carbocycles. The highest BCUT2D eigenvalue weighted by atomic mass is 19.4. The maximum atomic E-state index is 13.4. The van der Waals surface area contributed by atoms with Gasteiger partial charge in [0.1, 0.15) is 5.82 Å². The van der Waals surface area contributed by atoms with Gasteiger partial charge in [-0.15, -0.1) is 0 Å². The first-order valence-electron chi connectivity index (χ1n) is 6.48. The molecule has 1 heterocycles. The highest BCUT2D eigenvalue weighted by Crippen LogP contribution is 2.18. The molecule has 1 N–H and O–H groups in total. The Morgan fingerprint density at radius 2 is 2.00 bits per heavy atom.